The smallest absolute Gasteiger partial charge is 0.309 e. The number of hydrogen-bond donors (Lipinski definition) is 3. The fraction of sp³-hybridized carbons (Fsp3) is 0.812. The fourth-order valence-corrected chi connectivity index (χ4v) is 2.32. The molecule has 0 aliphatic carbocycles. The molecule has 0 heterocycles. The third kappa shape index (κ3) is 7.43. The number of carboxylic acids is 1. The lowest BCUT2D eigenvalue weighted by molar-refractivity contribution is -0.149. The van der Waals surface area contributed by atoms with E-state index in [4.69, 9.17) is 5.11 Å². The minimum absolute atomic E-state index is 0.0319. The summed E-state index contributed by atoms with van der Waals surface area (Å²) in [7, 11) is 0. The molecule has 0 saturated heterocycles. The van der Waals surface area contributed by atoms with Crippen LogP contribution in [0, 0.1) is 16.7 Å². The van der Waals surface area contributed by atoms with Crippen LogP contribution in [0.25, 0.3) is 0 Å². The number of aliphatic carboxylic acids is 1. The first-order valence-corrected chi connectivity index (χ1v) is 7.67. The van der Waals surface area contributed by atoms with Crippen LogP contribution in [0.4, 0.5) is 0 Å². The molecule has 0 aliphatic heterocycles. The summed E-state index contributed by atoms with van der Waals surface area (Å²) in [5, 5.41) is 14.6. The van der Waals surface area contributed by atoms with E-state index in [1.54, 1.807) is 27.7 Å². The van der Waals surface area contributed by atoms with Gasteiger partial charge in [-0.2, -0.15) is 0 Å². The predicted octanol–water partition coefficient (Wildman–Crippen LogP) is 1.79. The molecule has 128 valence electrons. The molecule has 6 nitrogen and oxygen atoms in total. The molecule has 0 rings (SSSR count). The quantitative estimate of drug-likeness (QED) is 0.565. The Kier molecular flexibility index (Phi) is 7.56. The van der Waals surface area contributed by atoms with E-state index in [0.29, 0.717) is 25.4 Å². The van der Waals surface area contributed by atoms with E-state index in [2.05, 4.69) is 10.6 Å². The average molecular weight is 314 g/mol. The average Bonchev–Trinajstić information content (AvgIpc) is 2.31. The van der Waals surface area contributed by atoms with Crippen molar-refractivity contribution in [2.45, 2.75) is 54.4 Å². The maximum atomic E-state index is 12.2. The van der Waals surface area contributed by atoms with Crippen molar-refractivity contribution in [3.63, 3.8) is 0 Å². The van der Waals surface area contributed by atoms with Crippen LogP contribution in [0.15, 0.2) is 0 Å². The van der Waals surface area contributed by atoms with E-state index >= 15 is 0 Å². The van der Waals surface area contributed by atoms with E-state index in [0.717, 1.165) is 0 Å². The summed E-state index contributed by atoms with van der Waals surface area (Å²) in [6.45, 7) is 11.3. The molecule has 2 amide bonds. The Morgan fingerprint density at radius 1 is 0.955 bits per heavy atom. The summed E-state index contributed by atoms with van der Waals surface area (Å²) in [5.41, 5.74) is -1.75. The summed E-state index contributed by atoms with van der Waals surface area (Å²) >= 11 is 0. The summed E-state index contributed by atoms with van der Waals surface area (Å²) < 4.78 is 0. The van der Waals surface area contributed by atoms with Crippen LogP contribution >= 0.6 is 0 Å². The Labute approximate surface area is 133 Å². The van der Waals surface area contributed by atoms with Crippen LogP contribution in [0.3, 0.4) is 0 Å². The molecule has 0 saturated carbocycles. The number of carbonyl (C=O) groups is 3. The molecular weight excluding hydrogens is 284 g/mol. The molecule has 0 aliphatic rings. The highest BCUT2D eigenvalue weighted by Gasteiger charge is 2.38. The largest absolute Gasteiger partial charge is 0.481 e. The topological polar surface area (TPSA) is 95.5 Å². The Hall–Kier alpha value is -1.59. The number of hydrogen-bond acceptors (Lipinski definition) is 3. The van der Waals surface area contributed by atoms with Crippen molar-refractivity contribution in [1.29, 1.82) is 0 Å². The molecule has 0 aromatic heterocycles. The van der Waals surface area contributed by atoms with Gasteiger partial charge in [0.05, 0.1) is 5.41 Å². The van der Waals surface area contributed by atoms with Crippen molar-refractivity contribution in [3.8, 4) is 0 Å². The Bertz CT molecular complexity index is 414. The molecule has 0 radical (unpaired) electrons. The van der Waals surface area contributed by atoms with Crippen molar-refractivity contribution in [1.82, 2.24) is 10.6 Å². The van der Waals surface area contributed by atoms with Crippen LogP contribution in [0.2, 0.25) is 0 Å². The first kappa shape index (κ1) is 20.4. The maximum absolute atomic E-state index is 12.2. The lowest BCUT2D eigenvalue weighted by Crippen LogP contribution is -2.44. The maximum Gasteiger partial charge on any atom is 0.309 e. The molecule has 22 heavy (non-hydrogen) atoms. The Morgan fingerprint density at radius 2 is 1.45 bits per heavy atom. The third-order valence-electron chi connectivity index (χ3n) is 3.40. The van der Waals surface area contributed by atoms with E-state index in [-0.39, 0.29) is 18.2 Å². The standard InChI is InChI=1S/C16H30N2O4/c1-11(2)9-12(19)17-7-8-18-13(20)15(3,4)10-16(5,6)14(21)22/h11H,7-10H2,1-6H3,(H,17,19)(H,18,20)(H,21,22). The molecule has 6 heteroatoms. The minimum Gasteiger partial charge on any atom is -0.481 e. The van der Waals surface area contributed by atoms with Crippen LogP contribution in [0.1, 0.15) is 54.4 Å². The number of amides is 2. The second-order valence-electron chi connectivity index (χ2n) is 7.45. The monoisotopic (exact) mass is 314 g/mol. The molecule has 0 unspecified atom stereocenters. The zero-order valence-corrected chi connectivity index (χ0v) is 14.6. The normalized spacial score (nSPS) is 12.1. The molecule has 0 bridgehead atoms. The van der Waals surface area contributed by atoms with Crippen molar-refractivity contribution >= 4 is 17.8 Å². The van der Waals surface area contributed by atoms with Crippen LogP contribution in [0.5, 0.6) is 0 Å². The number of carboxylic acid groups (broad SMARTS) is 1. The zero-order valence-electron chi connectivity index (χ0n) is 14.6. The number of rotatable bonds is 9. The summed E-state index contributed by atoms with van der Waals surface area (Å²) in [6.07, 6.45) is 0.702. The van der Waals surface area contributed by atoms with Crippen molar-refractivity contribution in [2.75, 3.05) is 13.1 Å². The van der Waals surface area contributed by atoms with Gasteiger partial charge < -0.3 is 15.7 Å². The van der Waals surface area contributed by atoms with Gasteiger partial charge >= 0.3 is 5.97 Å². The fourth-order valence-electron chi connectivity index (χ4n) is 2.32. The molecular formula is C16H30N2O4. The predicted molar refractivity (Wildman–Crippen MR) is 85.3 cm³/mol. The molecule has 0 aromatic rings. The lowest BCUT2D eigenvalue weighted by Gasteiger charge is -2.31. The van der Waals surface area contributed by atoms with Crippen molar-refractivity contribution in [3.05, 3.63) is 0 Å². The van der Waals surface area contributed by atoms with E-state index < -0.39 is 16.8 Å². The first-order chi connectivity index (χ1) is 9.88. The van der Waals surface area contributed by atoms with Crippen LogP contribution in [-0.4, -0.2) is 36.0 Å². The Balaban J connectivity index is 4.25. The van der Waals surface area contributed by atoms with Gasteiger partial charge in [-0.1, -0.05) is 27.7 Å². The molecule has 3 N–H and O–H groups in total. The summed E-state index contributed by atoms with van der Waals surface area (Å²) in [5.74, 6) is -0.864. The highest BCUT2D eigenvalue weighted by atomic mass is 16.4. The molecule has 0 aromatic carbocycles. The third-order valence-corrected chi connectivity index (χ3v) is 3.40. The van der Waals surface area contributed by atoms with Crippen LogP contribution in [-0.2, 0) is 14.4 Å². The lowest BCUT2D eigenvalue weighted by atomic mass is 9.74. The van der Waals surface area contributed by atoms with Gasteiger partial charge in [-0.05, 0) is 26.2 Å². The summed E-state index contributed by atoms with van der Waals surface area (Å²) in [4.78, 5) is 34.8. The van der Waals surface area contributed by atoms with Gasteiger partial charge in [0.1, 0.15) is 0 Å². The first-order valence-electron chi connectivity index (χ1n) is 7.67. The highest BCUT2D eigenvalue weighted by molar-refractivity contribution is 5.83. The van der Waals surface area contributed by atoms with E-state index in [1.165, 1.54) is 0 Å². The second kappa shape index (κ2) is 8.15. The Morgan fingerprint density at radius 3 is 1.91 bits per heavy atom. The molecule has 0 spiro atoms. The van der Waals surface area contributed by atoms with Gasteiger partial charge in [0.25, 0.3) is 0 Å². The van der Waals surface area contributed by atoms with Crippen molar-refractivity contribution in [2.24, 2.45) is 16.7 Å². The van der Waals surface area contributed by atoms with Gasteiger partial charge in [0.15, 0.2) is 0 Å². The molecule has 0 fully saturated rings. The SMILES string of the molecule is CC(C)CC(=O)NCCNC(=O)C(C)(C)CC(C)(C)C(=O)O. The van der Waals surface area contributed by atoms with Gasteiger partial charge in [-0.15, -0.1) is 0 Å². The van der Waals surface area contributed by atoms with E-state index in [1.807, 2.05) is 13.8 Å². The van der Waals surface area contributed by atoms with Gasteiger partial charge in [-0.25, -0.2) is 0 Å². The van der Waals surface area contributed by atoms with Gasteiger partial charge in [0, 0.05) is 24.9 Å². The zero-order chi connectivity index (χ0) is 17.6. The molecule has 0 atom stereocenters. The highest BCUT2D eigenvalue weighted by Crippen LogP contribution is 2.33. The van der Waals surface area contributed by atoms with Crippen molar-refractivity contribution < 1.29 is 19.5 Å². The second-order valence-corrected chi connectivity index (χ2v) is 7.45. The summed E-state index contributed by atoms with van der Waals surface area (Å²) in [6, 6.07) is 0. The van der Waals surface area contributed by atoms with Gasteiger partial charge in [-0.3, -0.25) is 14.4 Å². The minimum atomic E-state index is -0.966. The number of carbonyl (C=O) groups excluding carboxylic acids is 2. The van der Waals surface area contributed by atoms with Crippen LogP contribution < -0.4 is 10.6 Å². The van der Waals surface area contributed by atoms with E-state index in [9.17, 15) is 14.4 Å². The number of nitrogens with one attached hydrogen (secondary N) is 2. The van der Waals surface area contributed by atoms with Gasteiger partial charge in [0.2, 0.25) is 11.8 Å².